The zero-order valence-corrected chi connectivity index (χ0v) is 10.7. The number of hydrogen-bond acceptors (Lipinski definition) is 1. The lowest BCUT2D eigenvalue weighted by Gasteiger charge is -2.10. The highest BCUT2D eigenvalue weighted by atomic mass is 19.1. The molecule has 0 fully saturated rings. The van der Waals surface area contributed by atoms with Gasteiger partial charge in [0.2, 0.25) is 0 Å². The number of hydrogen-bond donors (Lipinski definition) is 0. The molecule has 0 aromatic heterocycles. The van der Waals surface area contributed by atoms with E-state index in [9.17, 15) is 4.39 Å². The molecule has 0 heterocycles. The van der Waals surface area contributed by atoms with Crippen molar-refractivity contribution in [2.24, 2.45) is 0 Å². The van der Waals surface area contributed by atoms with E-state index >= 15 is 0 Å². The van der Waals surface area contributed by atoms with Gasteiger partial charge in [-0.1, -0.05) is 26.0 Å². The molecule has 0 aliphatic heterocycles. The van der Waals surface area contributed by atoms with Crippen molar-refractivity contribution in [2.45, 2.75) is 26.2 Å². The van der Waals surface area contributed by atoms with Gasteiger partial charge < -0.3 is 4.74 Å². The first kappa shape index (κ1) is 12.6. The molecule has 2 rings (SSSR count). The molecule has 2 aromatic carbocycles. The quantitative estimate of drug-likeness (QED) is 0.724. The normalized spacial score (nSPS) is 12.2. The molecule has 2 heteroatoms. The fourth-order valence-corrected chi connectivity index (χ4v) is 1.74. The zero-order chi connectivity index (χ0) is 13.0. The SMILES string of the molecule is CCC(C)c1ccc(Oc2ccc(F)cc2)cc1. The Kier molecular flexibility index (Phi) is 3.98. The maximum Gasteiger partial charge on any atom is 0.127 e. The summed E-state index contributed by atoms with van der Waals surface area (Å²) in [5, 5.41) is 0. The second-order valence-electron chi connectivity index (χ2n) is 4.43. The highest BCUT2D eigenvalue weighted by Crippen LogP contribution is 2.25. The van der Waals surface area contributed by atoms with Crippen LogP contribution in [-0.2, 0) is 0 Å². The second-order valence-corrected chi connectivity index (χ2v) is 4.43. The van der Waals surface area contributed by atoms with Crippen molar-refractivity contribution in [3.63, 3.8) is 0 Å². The van der Waals surface area contributed by atoms with Crippen molar-refractivity contribution in [3.8, 4) is 11.5 Å². The number of halogens is 1. The van der Waals surface area contributed by atoms with E-state index in [-0.39, 0.29) is 5.82 Å². The number of ether oxygens (including phenoxy) is 1. The summed E-state index contributed by atoms with van der Waals surface area (Å²) in [5.41, 5.74) is 1.31. The van der Waals surface area contributed by atoms with Crippen molar-refractivity contribution >= 4 is 0 Å². The van der Waals surface area contributed by atoms with Gasteiger partial charge in [0.15, 0.2) is 0 Å². The number of benzene rings is 2. The second kappa shape index (κ2) is 5.67. The Balaban J connectivity index is 2.08. The molecule has 0 amide bonds. The maximum absolute atomic E-state index is 12.8. The molecule has 94 valence electrons. The molecule has 18 heavy (non-hydrogen) atoms. The van der Waals surface area contributed by atoms with Gasteiger partial charge in [-0.25, -0.2) is 4.39 Å². The van der Waals surface area contributed by atoms with Crippen molar-refractivity contribution in [2.75, 3.05) is 0 Å². The first-order valence-corrected chi connectivity index (χ1v) is 6.22. The van der Waals surface area contributed by atoms with Crippen molar-refractivity contribution in [1.29, 1.82) is 0 Å². The van der Waals surface area contributed by atoms with Gasteiger partial charge in [-0.3, -0.25) is 0 Å². The summed E-state index contributed by atoms with van der Waals surface area (Å²) in [7, 11) is 0. The predicted octanol–water partition coefficient (Wildman–Crippen LogP) is 5.13. The van der Waals surface area contributed by atoms with Crippen molar-refractivity contribution in [3.05, 3.63) is 59.9 Å². The molecule has 2 aromatic rings. The van der Waals surface area contributed by atoms with Gasteiger partial charge in [0.05, 0.1) is 0 Å². The first-order valence-electron chi connectivity index (χ1n) is 6.22. The van der Waals surface area contributed by atoms with Crippen LogP contribution in [0.5, 0.6) is 11.5 Å². The van der Waals surface area contributed by atoms with Crippen LogP contribution in [0.3, 0.4) is 0 Å². The largest absolute Gasteiger partial charge is 0.457 e. The van der Waals surface area contributed by atoms with Crippen LogP contribution in [0.2, 0.25) is 0 Å². The summed E-state index contributed by atoms with van der Waals surface area (Å²) in [5.74, 6) is 1.72. The summed E-state index contributed by atoms with van der Waals surface area (Å²) < 4.78 is 18.4. The third kappa shape index (κ3) is 3.10. The average molecular weight is 244 g/mol. The summed E-state index contributed by atoms with van der Waals surface area (Å²) in [6.45, 7) is 4.38. The minimum Gasteiger partial charge on any atom is -0.457 e. The Hall–Kier alpha value is -1.83. The van der Waals surface area contributed by atoms with E-state index in [2.05, 4.69) is 26.0 Å². The molecule has 0 spiro atoms. The summed E-state index contributed by atoms with van der Waals surface area (Å²) in [6, 6.07) is 14.1. The zero-order valence-electron chi connectivity index (χ0n) is 10.7. The van der Waals surface area contributed by atoms with Gasteiger partial charge in [-0.05, 0) is 54.3 Å². The van der Waals surface area contributed by atoms with Gasteiger partial charge in [0, 0.05) is 0 Å². The lowest BCUT2D eigenvalue weighted by Crippen LogP contribution is -1.91. The van der Waals surface area contributed by atoms with Crippen LogP contribution in [0.4, 0.5) is 4.39 Å². The Bertz CT molecular complexity index is 488. The molecule has 1 atom stereocenters. The minimum atomic E-state index is -0.255. The Morgan fingerprint density at radius 2 is 1.44 bits per heavy atom. The van der Waals surface area contributed by atoms with Crippen LogP contribution < -0.4 is 4.74 Å². The van der Waals surface area contributed by atoms with E-state index in [0.717, 1.165) is 12.2 Å². The third-order valence-electron chi connectivity index (χ3n) is 3.11. The number of rotatable bonds is 4. The van der Waals surface area contributed by atoms with Crippen LogP contribution >= 0.6 is 0 Å². The molecule has 0 saturated carbocycles. The molecule has 0 saturated heterocycles. The Labute approximate surface area is 107 Å². The predicted molar refractivity (Wildman–Crippen MR) is 71.6 cm³/mol. The van der Waals surface area contributed by atoms with Gasteiger partial charge in [0.25, 0.3) is 0 Å². The van der Waals surface area contributed by atoms with Gasteiger partial charge in [-0.2, -0.15) is 0 Å². The maximum atomic E-state index is 12.8. The van der Waals surface area contributed by atoms with E-state index in [1.807, 2.05) is 12.1 Å². The fourth-order valence-electron chi connectivity index (χ4n) is 1.74. The third-order valence-corrected chi connectivity index (χ3v) is 3.11. The van der Waals surface area contributed by atoms with Crippen LogP contribution in [0.25, 0.3) is 0 Å². The highest BCUT2D eigenvalue weighted by molar-refractivity contribution is 5.34. The van der Waals surface area contributed by atoms with Gasteiger partial charge in [0.1, 0.15) is 17.3 Å². The Morgan fingerprint density at radius 3 is 1.94 bits per heavy atom. The van der Waals surface area contributed by atoms with Crippen molar-refractivity contribution in [1.82, 2.24) is 0 Å². The Morgan fingerprint density at radius 1 is 0.944 bits per heavy atom. The highest BCUT2D eigenvalue weighted by Gasteiger charge is 2.03. The molecule has 0 aliphatic rings. The molecular formula is C16H17FO. The molecule has 0 bridgehead atoms. The van der Waals surface area contributed by atoms with Crippen molar-refractivity contribution < 1.29 is 9.13 Å². The van der Waals surface area contributed by atoms with Crippen LogP contribution in [0.1, 0.15) is 31.7 Å². The average Bonchev–Trinajstić information content (AvgIpc) is 2.41. The van der Waals surface area contributed by atoms with Crippen LogP contribution in [0, 0.1) is 5.82 Å². The molecule has 0 aliphatic carbocycles. The van der Waals surface area contributed by atoms with Gasteiger partial charge >= 0.3 is 0 Å². The van der Waals surface area contributed by atoms with E-state index < -0.39 is 0 Å². The van der Waals surface area contributed by atoms with E-state index in [1.165, 1.54) is 17.7 Å². The van der Waals surface area contributed by atoms with E-state index in [0.29, 0.717) is 11.7 Å². The molecule has 1 unspecified atom stereocenters. The first-order chi connectivity index (χ1) is 8.69. The molecule has 1 nitrogen and oxygen atoms in total. The smallest absolute Gasteiger partial charge is 0.127 e. The van der Waals surface area contributed by atoms with Crippen LogP contribution in [-0.4, -0.2) is 0 Å². The van der Waals surface area contributed by atoms with E-state index in [4.69, 9.17) is 4.74 Å². The standard InChI is InChI=1S/C16H17FO/c1-3-12(2)13-4-8-15(9-5-13)18-16-10-6-14(17)7-11-16/h4-12H,3H2,1-2H3. The summed E-state index contributed by atoms with van der Waals surface area (Å²) in [4.78, 5) is 0. The molecule has 0 radical (unpaired) electrons. The van der Waals surface area contributed by atoms with Crippen LogP contribution in [0.15, 0.2) is 48.5 Å². The van der Waals surface area contributed by atoms with Gasteiger partial charge in [-0.15, -0.1) is 0 Å². The fraction of sp³-hybridized carbons (Fsp3) is 0.250. The molecular weight excluding hydrogens is 227 g/mol. The summed E-state index contributed by atoms with van der Waals surface area (Å²) in [6.07, 6.45) is 1.12. The lowest BCUT2D eigenvalue weighted by molar-refractivity contribution is 0.480. The van der Waals surface area contributed by atoms with E-state index in [1.54, 1.807) is 12.1 Å². The minimum absolute atomic E-state index is 0.255. The topological polar surface area (TPSA) is 9.23 Å². The molecule has 0 N–H and O–H groups in total. The lowest BCUT2D eigenvalue weighted by atomic mass is 9.99. The summed E-state index contributed by atoms with van der Waals surface area (Å²) >= 11 is 0. The monoisotopic (exact) mass is 244 g/mol.